The fraction of sp³-hybridized carbons (Fsp3) is 0.276. The summed E-state index contributed by atoms with van der Waals surface area (Å²) < 4.78 is 11.3. The van der Waals surface area contributed by atoms with Crippen molar-refractivity contribution >= 4 is 23.3 Å². The number of ether oxygens (including phenoxy) is 2. The Morgan fingerprint density at radius 1 is 1.03 bits per heavy atom. The van der Waals surface area contributed by atoms with E-state index in [1.54, 1.807) is 25.1 Å². The molecule has 0 radical (unpaired) electrons. The molecule has 2 atom stereocenters. The van der Waals surface area contributed by atoms with Gasteiger partial charge < -0.3 is 14.8 Å². The molecule has 0 saturated heterocycles. The lowest BCUT2D eigenvalue weighted by Gasteiger charge is -2.34. The molecule has 3 aromatic rings. The summed E-state index contributed by atoms with van der Waals surface area (Å²) in [5.41, 5.74) is 3.78. The fourth-order valence-corrected chi connectivity index (χ4v) is 4.23. The molecule has 0 spiro atoms. The number of hydrogen-bond acceptors (Lipinski definition) is 5. The van der Waals surface area contributed by atoms with Crippen LogP contribution >= 0.6 is 0 Å². The number of hydrogen-bond donors (Lipinski definition) is 1. The van der Waals surface area contributed by atoms with Gasteiger partial charge in [0, 0.05) is 5.56 Å². The van der Waals surface area contributed by atoms with Crippen molar-refractivity contribution in [2.45, 2.75) is 39.8 Å². The van der Waals surface area contributed by atoms with Crippen LogP contribution in [0.25, 0.3) is 0 Å². The van der Waals surface area contributed by atoms with Gasteiger partial charge in [-0.1, -0.05) is 48.0 Å². The number of aryl methyl sites for hydroxylation is 2. The van der Waals surface area contributed by atoms with Crippen LogP contribution in [0.4, 0.5) is 5.69 Å². The zero-order valence-corrected chi connectivity index (χ0v) is 20.9. The third kappa shape index (κ3) is 5.40. The van der Waals surface area contributed by atoms with Crippen molar-refractivity contribution in [1.82, 2.24) is 5.32 Å². The molecule has 186 valence electrons. The van der Waals surface area contributed by atoms with Crippen molar-refractivity contribution in [1.29, 1.82) is 0 Å². The Bertz CT molecular complexity index is 1290. The maximum Gasteiger partial charge on any atom is 0.265 e. The molecule has 0 aromatic heterocycles. The third-order valence-corrected chi connectivity index (χ3v) is 6.27. The molecule has 0 saturated carbocycles. The minimum absolute atomic E-state index is 0.151. The molecule has 1 aliphatic rings. The first-order valence-corrected chi connectivity index (χ1v) is 11.9. The number of carbonyl (C=O) groups is 3. The molecule has 0 unspecified atom stereocenters. The summed E-state index contributed by atoms with van der Waals surface area (Å²) in [5.74, 6) is 0.184. The van der Waals surface area contributed by atoms with Crippen molar-refractivity contribution in [2.24, 2.45) is 0 Å². The van der Waals surface area contributed by atoms with E-state index in [-0.39, 0.29) is 36.9 Å². The fourth-order valence-electron chi connectivity index (χ4n) is 4.23. The van der Waals surface area contributed by atoms with E-state index in [0.717, 1.165) is 16.7 Å². The number of nitrogens with one attached hydrogen (secondary N) is 1. The molecule has 3 aromatic carbocycles. The van der Waals surface area contributed by atoms with E-state index in [0.29, 0.717) is 22.7 Å². The number of anilines is 1. The van der Waals surface area contributed by atoms with Crippen LogP contribution in [0.1, 0.15) is 46.9 Å². The number of Topliss-reactive ketones (excluding diaryl/α,β-unsaturated/α-hetero) is 1. The number of rotatable bonds is 8. The van der Waals surface area contributed by atoms with E-state index in [9.17, 15) is 14.4 Å². The Labute approximate surface area is 211 Å². The van der Waals surface area contributed by atoms with E-state index in [2.05, 4.69) is 5.32 Å². The van der Waals surface area contributed by atoms with Gasteiger partial charge in [0.05, 0.1) is 11.7 Å². The SMILES string of the molecule is Cc1ccc(OCC(=O)c2ccc3c(c2)N([C@H](C)C(=O)N[C@H](C)c2ccccc2)C(=O)CO3)c(C)c1. The van der Waals surface area contributed by atoms with Crippen LogP contribution in [0, 0.1) is 13.8 Å². The highest BCUT2D eigenvalue weighted by molar-refractivity contribution is 6.06. The zero-order chi connectivity index (χ0) is 25.8. The van der Waals surface area contributed by atoms with Gasteiger partial charge in [-0.25, -0.2) is 0 Å². The monoisotopic (exact) mass is 486 g/mol. The number of fused-ring (bicyclic) bond motifs is 1. The average Bonchev–Trinajstić information content (AvgIpc) is 2.87. The standard InChI is InChI=1S/C29H30N2O5/c1-18-10-12-26(19(2)14-18)35-16-25(32)23-11-13-27-24(15-23)31(28(33)17-36-27)21(4)29(34)30-20(3)22-8-6-5-7-9-22/h5-15,20-21H,16-17H2,1-4H3,(H,30,34)/t20-,21-/m1/s1. The van der Waals surface area contributed by atoms with Crippen LogP contribution in [-0.4, -0.2) is 36.9 Å². The van der Waals surface area contributed by atoms with Crippen LogP contribution < -0.4 is 19.7 Å². The average molecular weight is 487 g/mol. The highest BCUT2D eigenvalue weighted by Crippen LogP contribution is 2.35. The second kappa shape index (κ2) is 10.6. The first-order chi connectivity index (χ1) is 17.2. The topological polar surface area (TPSA) is 84.9 Å². The van der Waals surface area contributed by atoms with Crippen LogP contribution in [0.3, 0.4) is 0 Å². The predicted octanol–water partition coefficient (Wildman–Crippen LogP) is 4.56. The summed E-state index contributed by atoms with van der Waals surface area (Å²) in [6.07, 6.45) is 0. The zero-order valence-electron chi connectivity index (χ0n) is 20.9. The third-order valence-electron chi connectivity index (χ3n) is 6.27. The molecule has 0 bridgehead atoms. The summed E-state index contributed by atoms with van der Waals surface area (Å²) in [7, 11) is 0. The molecule has 4 rings (SSSR count). The van der Waals surface area contributed by atoms with Crippen molar-refractivity contribution in [2.75, 3.05) is 18.1 Å². The summed E-state index contributed by atoms with van der Waals surface area (Å²) >= 11 is 0. The van der Waals surface area contributed by atoms with Gasteiger partial charge in [-0.15, -0.1) is 0 Å². The Balaban J connectivity index is 1.51. The molecule has 7 heteroatoms. The molecule has 2 amide bonds. The quantitative estimate of drug-likeness (QED) is 0.472. The Hall–Kier alpha value is -4.13. The van der Waals surface area contributed by atoms with Gasteiger partial charge in [0.25, 0.3) is 5.91 Å². The van der Waals surface area contributed by atoms with Crippen LogP contribution in [-0.2, 0) is 9.59 Å². The van der Waals surface area contributed by atoms with Crippen molar-refractivity contribution in [3.8, 4) is 11.5 Å². The first kappa shape index (κ1) is 25.0. The number of amides is 2. The summed E-state index contributed by atoms with van der Waals surface area (Å²) in [6, 6.07) is 19.2. The minimum atomic E-state index is -0.803. The molecule has 0 fully saturated rings. The highest BCUT2D eigenvalue weighted by Gasteiger charge is 2.34. The number of nitrogens with zero attached hydrogens (tertiary/aromatic N) is 1. The Morgan fingerprint density at radius 2 is 1.78 bits per heavy atom. The maximum absolute atomic E-state index is 13.1. The van der Waals surface area contributed by atoms with E-state index >= 15 is 0 Å². The molecule has 1 aliphatic heterocycles. The summed E-state index contributed by atoms with van der Waals surface area (Å²) in [4.78, 5) is 40.2. The first-order valence-electron chi connectivity index (χ1n) is 11.9. The van der Waals surface area contributed by atoms with Crippen molar-refractivity contribution in [3.05, 3.63) is 89.0 Å². The van der Waals surface area contributed by atoms with Crippen LogP contribution in [0.2, 0.25) is 0 Å². The normalized spacial score (nSPS) is 14.3. The Kier molecular flexibility index (Phi) is 7.38. The van der Waals surface area contributed by atoms with E-state index in [4.69, 9.17) is 9.47 Å². The number of ketones is 1. The number of carbonyl (C=O) groups excluding carboxylic acids is 3. The lowest BCUT2D eigenvalue weighted by molar-refractivity contribution is -0.127. The maximum atomic E-state index is 13.1. The van der Waals surface area contributed by atoms with Crippen LogP contribution in [0.5, 0.6) is 11.5 Å². The second-order valence-corrected chi connectivity index (χ2v) is 9.03. The predicted molar refractivity (Wildman–Crippen MR) is 138 cm³/mol. The second-order valence-electron chi connectivity index (χ2n) is 9.03. The van der Waals surface area contributed by atoms with Gasteiger partial charge in [0.2, 0.25) is 5.91 Å². The summed E-state index contributed by atoms with van der Waals surface area (Å²) in [6.45, 7) is 7.15. The lowest BCUT2D eigenvalue weighted by atomic mass is 10.1. The minimum Gasteiger partial charge on any atom is -0.485 e. The smallest absolute Gasteiger partial charge is 0.265 e. The van der Waals surface area contributed by atoms with E-state index in [1.165, 1.54) is 4.90 Å². The van der Waals surface area contributed by atoms with Gasteiger partial charge in [-0.05, 0) is 63.1 Å². The molecule has 7 nitrogen and oxygen atoms in total. The van der Waals surface area contributed by atoms with E-state index in [1.807, 2.05) is 69.3 Å². The highest BCUT2D eigenvalue weighted by atomic mass is 16.5. The van der Waals surface area contributed by atoms with Gasteiger partial charge in [0.1, 0.15) is 17.5 Å². The molecule has 1 heterocycles. The largest absolute Gasteiger partial charge is 0.485 e. The van der Waals surface area contributed by atoms with Gasteiger partial charge >= 0.3 is 0 Å². The number of benzene rings is 3. The summed E-state index contributed by atoms with van der Waals surface area (Å²) in [5, 5.41) is 2.97. The molecular weight excluding hydrogens is 456 g/mol. The molecule has 0 aliphatic carbocycles. The van der Waals surface area contributed by atoms with Crippen LogP contribution in [0.15, 0.2) is 66.7 Å². The Morgan fingerprint density at radius 3 is 2.50 bits per heavy atom. The molecule has 36 heavy (non-hydrogen) atoms. The van der Waals surface area contributed by atoms with Gasteiger partial charge in [-0.2, -0.15) is 0 Å². The van der Waals surface area contributed by atoms with E-state index < -0.39 is 6.04 Å². The van der Waals surface area contributed by atoms with Crippen molar-refractivity contribution < 1.29 is 23.9 Å². The van der Waals surface area contributed by atoms with Gasteiger partial charge in [0.15, 0.2) is 19.0 Å². The molecular formula is C29H30N2O5. The lowest BCUT2D eigenvalue weighted by Crippen LogP contribution is -2.51. The molecule has 1 N–H and O–H groups in total. The van der Waals surface area contributed by atoms with Crippen molar-refractivity contribution in [3.63, 3.8) is 0 Å². The van der Waals surface area contributed by atoms with Gasteiger partial charge in [-0.3, -0.25) is 19.3 Å².